The minimum Gasteiger partial charge on any atom is -0.493 e. The number of benzene rings is 5. The fraction of sp³-hybridized carbons (Fsp3) is 0.739. The van der Waals surface area contributed by atoms with E-state index in [1.54, 1.807) is 0 Å². The molecule has 15 aliphatic carbocycles. The molecule has 15 saturated carbocycles. The van der Waals surface area contributed by atoms with Gasteiger partial charge < -0.3 is 23.7 Å². The van der Waals surface area contributed by atoms with Crippen LogP contribution in [0.15, 0.2) is 146 Å². The number of ether oxygens (including phenoxy) is 5. The van der Waals surface area contributed by atoms with Crippen LogP contribution in [0.3, 0.4) is 0 Å². The third-order valence-electron chi connectivity index (χ3n) is 35.0. The van der Waals surface area contributed by atoms with E-state index in [1.807, 2.05) is 121 Å². The maximum atomic E-state index is 6.15. The van der Waals surface area contributed by atoms with Crippen LogP contribution in [0.25, 0.3) is 0 Å². The van der Waals surface area contributed by atoms with Crippen molar-refractivity contribution in [2.45, 2.75) is 476 Å². The van der Waals surface area contributed by atoms with Crippen molar-refractivity contribution in [2.75, 3.05) is 33.0 Å². The molecule has 0 unspecified atom stereocenters. The van der Waals surface area contributed by atoms with Gasteiger partial charge in [0.2, 0.25) is 0 Å². The van der Waals surface area contributed by atoms with Gasteiger partial charge in [-0.25, -0.2) is 0 Å². The molecule has 740 valence electrons. The zero-order chi connectivity index (χ0) is 87.9. The van der Waals surface area contributed by atoms with E-state index in [4.69, 9.17) is 23.7 Å². The van der Waals surface area contributed by atoms with Crippen LogP contribution in [-0.2, 0) is 0 Å². The van der Waals surface area contributed by atoms with Gasteiger partial charge in [0.15, 0.2) is 0 Å². The highest BCUT2D eigenvalue weighted by atomic mass is 32.1. The van der Waals surface area contributed by atoms with Crippen molar-refractivity contribution in [3.63, 3.8) is 0 Å². The molecule has 20 rings (SSSR count). The molecule has 0 saturated heterocycles. The second kappa shape index (κ2) is 59.1. The van der Waals surface area contributed by atoms with Crippen LogP contribution < -0.4 is 23.7 Å². The number of halogens is 5. The fourth-order valence-corrected chi connectivity index (χ4v) is 25.7. The Morgan fingerprint density at radius 2 is 0.269 bits per heavy atom. The van der Waals surface area contributed by atoms with E-state index in [-0.39, 0.29) is 23.5 Å². The van der Waals surface area contributed by atoms with Crippen molar-refractivity contribution in [1.82, 2.24) is 0 Å². The Kier molecular flexibility index (Phi) is 52.3. The van der Waals surface area contributed by atoms with Crippen molar-refractivity contribution >= 4 is 63.1 Å². The molecule has 0 heterocycles. The third-order valence-corrected chi connectivity index (χ3v) is 36.5. The maximum absolute atomic E-state index is 6.15. The summed E-state index contributed by atoms with van der Waals surface area (Å²) in [5.41, 5.74) is 5.78. The number of rotatable bonds is 50. The van der Waals surface area contributed by atoms with Crippen molar-refractivity contribution in [3.8, 4) is 28.7 Å². The van der Waals surface area contributed by atoms with Gasteiger partial charge in [-0.1, -0.05) is 227 Å². The minimum atomic E-state index is 0. The molecule has 0 aliphatic heterocycles. The molecule has 0 amide bonds. The first kappa shape index (κ1) is 115. The Balaban J connectivity index is 0.000000248. The summed E-state index contributed by atoms with van der Waals surface area (Å²) in [6.45, 7) is 16.0. The number of thiol groups is 5. The van der Waals surface area contributed by atoms with Gasteiger partial charge in [-0.05, 0) is 373 Å². The number of fused-ring (bicyclic) bond motifs is 15. The van der Waals surface area contributed by atoms with E-state index >= 15 is 0 Å². The SMILES string of the molecule is CCCCCCCCC12CCC(COc3ccc(S)cc3)(CC1)CC2.CCCCCCCCC12CCC(COc3ccc(S)cc3)(CC1)CC2.CCCCCCCCC12CCC(COc3ccc(S)cc3)(CC1)CC2.CCCCCCCCC12CCC(COc3ccc(S)cc3)(CC1)CC2.CCCCCCCCC12CCC(COc3ccc(S)cc3)(CC1)CC2.F.F.F.F.F. The van der Waals surface area contributed by atoms with Gasteiger partial charge in [-0.15, -0.1) is 63.1 Å². The number of hydrogen-bond acceptors (Lipinski definition) is 10. The summed E-state index contributed by atoms with van der Waals surface area (Å²) in [6, 6.07) is 40.7. The van der Waals surface area contributed by atoms with Crippen molar-refractivity contribution in [1.29, 1.82) is 0 Å². The summed E-state index contributed by atoms with van der Waals surface area (Å²) >= 11 is 21.7. The van der Waals surface area contributed by atoms with Crippen LogP contribution in [0, 0.1) is 54.1 Å². The van der Waals surface area contributed by atoms with Gasteiger partial charge in [-0.3, -0.25) is 23.5 Å². The van der Waals surface area contributed by atoms with E-state index in [9.17, 15) is 0 Å². The Morgan fingerprint density at radius 1 is 0.162 bits per heavy atom. The highest BCUT2D eigenvalue weighted by molar-refractivity contribution is 7.81. The smallest absolute Gasteiger partial charge is 0.119 e. The van der Waals surface area contributed by atoms with Gasteiger partial charge in [0.05, 0.1) is 33.0 Å². The zero-order valence-electron chi connectivity index (χ0n) is 82.4. The van der Waals surface area contributed by atoms with Crippen LogP contribution >= 0.6 is 63.1 Å². The molecule has 130 heavy (non-hydrogen) atoms. The molecule has 0 radical (unpaired) electrons. The van der Waals surface area contributed by atoms with Crippen molar-refractivity contribution < 1.29 is 47.2 Å². The Hall–Kier alpha value is -3.50. The summed E-state index contributed by atoms with van der Waals surface area (Å²) in [4.78, 5) is 5.00. The predicted molar refractivity (Wildman–Crippen MR) is 561 cm³/mol. The van der Waals surface area contributed by atoms with Crippen molar-refractivity contribution in [3.05, 3.63) is 121 Å². The molecule has 5 aromatic rings. The Bertz CT molecular complexity index is 3080. The van der Waals surface area contributed by atoms with E-state index < -0.39 is 0 Å². The molecule has 10 bridgehead atoms. The molecule has 5 nitrogen and oxygen atoms in total. The molecule has 5 aromatic carbocycles. The van der Waals surface area contributed by atoms with Crippen molar-refractivity contribution in [2.24, 2.45) is 54.1 Å². The zero-order valence-corrected chi connectivity index (χ0v) is 86.8. The third kappa shape index (κ3) is 37.0. The first-order valence-corrected chi connectivity index (χ1v) is 55.1. The summed E-state index contributed by atoms with van der Waals surface area (Å²) in [6.07, 6.45) is 92.8. The average Bonchev–Trinajstić information content (AvgIpc) is 0.787. The van der Waals surface area contributed by atoms with E-state index in [1.165, 1.54) is 417 Å². The molecule has 0 spiro atoms. The van der Waals surface area contributed by atoms with Gasteiger partial charge in [0, 0.05) is 51.6 Å². The standard InChI is InChI=1S/5C23H36OS.5FH/c5*1-2-3-4-5-6-7-12-22-13-16-23(17-14-22,18-15-22)19-24-20-8-10-21(25)11-9-20;;;;;/h5*8-11,25H,2-7,12-19H2,1H3;5*1H. The lowest BCUT2D eigenvalue weighted by molar-refractivity contribution is -0.0409. The highest BCUT2D eigenvalue weighted by Crippen LogP contribution is 2.64. The topological polar surface area (TPSA) is 46.2 Å². The highest BCUT2D eigenvalue weighted by Gasteiger charge is 2.53. The quantitative estimate of drug-likeness (QED) is 0.0153. The first-order chi connectivity index (χ1) is 60.8. The summed E-state index contributed by atoms with van der Waals surface area (Å²) in [5.74, 6) is 5.01. The van der Waals surface area contributed by atoms with E-state index in [0.29, 0.717) is 54.1 Å². The molecule has 0 aromatic heterocycles. The summed E-state index contributed by atoms with van der Waals surface area (Å²) in [5, 5.41) is 0. The molecule has 15 fully saturated rings. The van der Waals surface area contributed by atoms with Gasteiger partial charge in [-0.2, -0.15) is 0 Å². The molecular weight excluding hydrogens is 1720 g/mol. The van der Waals surface area contributed by atoms with E-state index in [0.717, 1.165) is 86.3 Å². The van der Waals surface area contributed by atoms with Crippen LogP contribution in [0.5, 0.6) is 28.7 Å². The van der Waals surface area contributed by atoms with E-state index in [2.05, 4.69) is 97.8 Å². The lowest BCUT2D eigenvalue weighted by Crippen LogP contribution is -2.44. The fourth-order valence-electron chi connectivity index (χ4n) is 25.0. The molecular formula is C115H185F5O5S5. The average molecular weight is 1900 g/mol. The number of hydrogen-bond donors (Lipinski definition) is 5. The van der Waals surface area contributed by atoms with Gasteiger partial charge >= 0.3 is 0 Å². The van der Waals surface area contributed by atoms with Crippen LogP contribution in [0.4, 0.5) is 23.5 Å². The van der Waals surface area contributed by atoms with Gasteiger partial charge in [0.25, 0.3) is 0 Å². The lowest BCUT2D eigenvalue weighted by atomic mass is 9.53. The van der Waals surface area contributed by atoms with Crippen LogP contribution in [0.1, 0.15) is 452 Å². The Labute approximate surface area is 818 Å². The molecule has 15 aliphatic rings. The molecule has 15 heteroatoms. The predicted octanol–water partition coefficient (Wildman–Crippen LogP) is 38.0. The molecule has 0 N–H and O–H groups in total. The summed E-state index contributed by atoms with van der Waals surface area (Å²) < 4.78 is 30.8. The minimum absolute atomic E-state index is 0. The summed E-state index contributed by atoms with van der Waals surface area (Å²) in [7, 11) is 0. The largest absolute Gasteiger partial charge is 0.493 e. The monoisotopic (exact) mass is 1900 g/mol. The lowest BCUT2D eigenvalue weighted by Gasteiger charge is -2.53. The number of unbranched alkanes of at least 4 members (excludes halogenated alkanes) is 25. The van der Waals surface area contributed by atoms with Crippen LogP contribution in [-0.4, -0.2) is 33.0 Å². The van der Waals surface area contributed by atoms with Gasteiger partial charge in [0.1, 0.15) is 28.7 Å². The second-order valence-corrected chi connectivity index (χ2v) is 46.6. The normalized spacial score (nSPS) is 27.2. The first-order valence-electron chi connectivity index (χ1n) is 52.9. The maximum Gasteiger partial charge on any atom is 0.119 e. The Morgan fingerprint density at radius 3 is 0.392 bits per heavy atom. The second-order valence-electron chi connectivity index (χ2n) is 44.0. The van der Waals surface area contributed by atoms with Crippen LogP contribution in [0.2, 0.25) is 0 Å². The molecule has 0 atom stereocenters.